The maximum atomic E-state index is 12.3. The number of piperidine rings is 1. The van der Waals surface area contributed by atoms with Crippen LogP contribution in [-0.2, 0) is 9.16 Å². The van der Waals surface area contributed by atoms with Gasteiger partial charge in [0.1, 0.15) is 5.60 Å². The Morgan fingerprint density at radius 2 is 1.88 bits per heavy atom. The molecular weight excluding hydrogens is 344 g/mol. The lowest BCUT2D eigenvalue weighted by atomic mass is 9.91. The van der Waals surface area contributed by atoms with E-state index >= 15 is 0 Å². The van der Waals surface area contributed by atoms with Crippen LogP contribution in [0, 0.1) is 5.92 Å². The van der Waals surface area contributed by atoms with Gasteiger partial charge in [-0.3, -0.25) is 4.90 Å². The fourth-order valence-corrected chi connectivity index (χ4v) is 4.92. The number of amides is 1. The summed E-state index contributed by atoms with van der Waals surface area (Å²) in [4.78, 5) is 14.8. The van der Waals surface area contributed by atoms with Gasteiger partial charge in [0.05, 0.1) is 5.54 Å². The molecule has 1 saturated heterocycles. The number of hydrogen-bond donors (Lipinski definition) is 1. The summed E-state index contributed by atoms with van der Waals surface area (Å²) in [5, 5.41) is 3.45. The van der Waals surface area contributed by atoms with E-state index in [9.17, 15) is 4.79 Å². The van der Waals surface area contributed by atoms with E-state index in [-0.39, 0.29) is 16.7 Å². The Morgan fingerprint density at radius 3 is 2.46 bits per heavy atom. The van der Waals surface area contributed by atoms with Gasteiger partial charge < -0.3 is 14.5 Å². The van der Waals surface area contributed by atoms with Gasteiger partial charge in [-0.05, 0) is 64.1 Å². The third-order valence-electron chi connectivity index (χ3n) is 6.20. The molecule has 152 valence electrons. The number of nitrogens with zero attached hydrogens (tertiary/aromatic N) is 1. The Balaban J connectivity index is 1.88. The number of ether oxygens (including phenoxy) is 1. The van der Waals surface area contributed by atoms with Gasteiger partial charge >= 0.3 is 6.09 Å². The largest absolute Gasteiger partial charge is 0.444 e. The number of carbonyl (C=O) groups is 1. The lowest BCUT2D eigenvalue weighted by Gasteiger charge is -2.42. The lowest BCUT2D eigenvalue weighted by molar-refractivity contribution is 0.0372. The Labute approximate surface area is 161 Å². The van der Waals surface area contributed by atoms with E-state index in [1.54, 1.807) is 0 Å². The average Bonchev–Trinajstić information content (AvgIpc) is 2.69. The van der Waals surface area contributed by atoms with Crippen molar-refractivity contribution >= 4 is 14.4 Å². The number of hydrogen-bond acceptors (Lipinski definition) is 4. The van der Waals surface area contributed by atoms with E-state index < -0.39 is 13.9 Å². The molecule has 2 aliphatic rings. The zero-order chi connectivity index (χ0) is 19.8. The number of likely N-dealkylation sites (tertiary alicyclic amines) is 1. The molecule has 2 atom stereocenters. The summed E-state index contributed by atoms with van der Waals surface area (Å²) in [6.45, 7) is 20.9. The van der Waals surface area contributed by atoms with E-state index in [1.807, 2.05) is 20.8 Å². The van der Waals surface area contributed by atoms with Crippen LogP contribution >= 0.6 is 0 Å². The van der Waals surface area contributed by atoms with Crippen LogP contribution in [-0.4, -0.2) is 56.7 Å². The first-order valence-electron chi connectivity index (χ1n) is 10.1. The maximum Gasteiger partial charge on any atom is 0.408 e. The quantitative estimate of drug-likeness (QED) is 0.714. The molecule has 1 aliphatic carbocycles. The molecule has 26 heavy (non-hydrogen) atoms. The Kier molecular flexibility index (Phi) is 6.21. The normalized spacial score (nSPS) is 27.5. The van der Waals surface area contributed by atoms with Crippen LogP contribution in [0.4, 0.5) is 4.79 Å². The van der Waals surface area contributed by atoms with Gasteiger partial charge in [-0.15, -0.1) is 0 Å². The monoisotopic (exact) mass is 384 g/mol. The van der Waals surface area contributed by atoms with E-state index in [1.165, 1.54) is 6.42 Å². The standard InChI is InChI=1S/C20H40N2O3Si/c1-18(2,3)25-17(23)21-20-10-9-16(13-20)14-22(15-20)11-12-24-26(7,8)19(4,5)6/h16H,9-15H2,1-8H3,(H,21,23). The van der Waals surface area contributed by atoms with Crippen LogP contribution in [0.1, 0.15) is 60.8 Å². The average molecular weight is 385 g/mol. The van der Waals surface area contributed by atoms with Crippen LogP contribution in [0.25, 0.3) is 0 Å². The summed E-state index contributed by atoms with van der Waals surface area (Å²) in [5.74, 6) is 0.673. The molecule has 6 heteroatoms. The molecule has 2 bridgehead atoms. The molecule has 1 N–H and O–H groups in total. The molecule has 0 aromatic rings. The van der Waals surface area contributed by atoms with Crippen molar-refractivity contribution in [2.24, 2.45) is 5.92 Å². The molecule has 5 nitrogen and oxygen atoms in total. The first-order valence-corrected chi connectivity index (χ1v) is 13.0. The van der Waals surface area contributed by atoms with Crippen LogP contribution < -0.4 is 5.32 Å². The number of carbonyl (C=O) groups excluding carboxylic acids is 1. The zero-order valence-electron chi connectivity index (χ0n) is 18.2. The second kappa shape index (κ2) is 7.44. The first-order chi connectivity index (χ1) is 11.7. The number of alkyl carbamates (subject to hydrolysis) is 1. The highest BCUT2D eigenvalue weighted by molar-refractivity contribution is 6.74. The Bertz CT molecular complexity index is 510. The summed E-state index contributed by atoms with van der Waals surface area (Å²) in [6, 6.07) is 0. The van der Waals surface area contributed by atoms with Crippen molar-refractivity contribution in [3.63, 3.8) is 0 Å². The Morgan fingerprint density at radius 1 is 1.23 bits per heavy atom. The molecule has 1 heterocycles. The molecule has 2 rings (SSSR count). The van der Waals surface area contributed by atoms with E-state index in [4.69, 9.17) is 9.16 Å². The SMILES string of the molecule is CC(C)(C)OC(=O)NC12CCC(CN(CCO[Si](C)(C)C(C)(C)C)C1)C2. The van der Waals surface area contributed by atoms with Crippen molar-refractivity contribution in [2.45, 2.75) is 90.1 Å². The van der Waals surface area contributed by atoms with Gasteiger partial charge in [-0.25, -0.2) is 4.79 Å². The first kappa shape index (κ1) is 21.7. The summed E-state index contributed by atoms with van der Waals surface area (Å²) in [6.07, 6.45) is 3.04. The molecular formula is C20H40N2O3Si. The van der Waals surface area contributed by atoms with Gasteiger partial charge in [0, 0.05) is 26.2 Å². The zero-order valence-corrected chi connectivity index (χ0v) is 19.2. The Hall–Kier alpha value is -0.593. The number of nitrogens with one attached hydrogen (secondary N) is 1. The third-order valence-corrected chi connectivity index (χ3v) is 10.7. The molecule has 0 aromatic carbocycles. The van der Waals surface area contributed by atoms with Gasteiger partial charge in [0.15, 0.2) is 8.32 Å². The van der Waals surface area contributed by atoms with Gasteiger partial charge in [-0.1, -0.05) is 20.8 Å². The van der Waals surface area contributed by atoms with Crippen LogP contribution in [0.15, 0.2) is 0 Å². The van der Waals surface area contributed by atoms with Crippen LogP contribution in [0.5, 0.6) is 0 Å². The van der Waals surface area contributed by atoms with Gasteiger partial charge in [-0.2, -0.15) is 0 Å². The second-order valence-electron chi connectivity index (χ2n) is 10.9. The lowest BCUT2D eigenvalue weighted by Crippen LogP contribution is -2.58. The van der Waals surface area contributed by atoms with E-state index in [0.717, 1.165) is 39.1 Å². The summed E-state index contributed by atoms with van der Waals surface area (Å²) in [7, 11) is -1.70. The summed E-state index contributed by atoms with van der Waals surface area (Å²) < 4.78 is 11.8. The topological polar surface area (TPSA) is 50.8 Å². The van der Waals surface area contributed by atoms with Crippen molar-refractivity contribution < 1.29 is 14.0 Å². The van der Waals surface area contributed by atoms with Gasteiger partial charge in [0.25, 0.3) is 0 Å². The van der Waals surface area contributed by atoms with Crippen molar-refractivity contribution in [3.05, 3.63) is 0 Å². The molecule has 0 aromatic heterocycles. The predicted molar refractivity (Wildman–Crippen MR) is 109 cm³/mol. The minimum Gasteiger partial charge on any atom is -0.444 e. The van der Waals surface area contributed by atoms with Crippen molar-refractivity contribution in [1.82, 2.24) is 10.2 Å². The minimum absolute atomic E-state index is 0.123. The van der Waals surface area contributed by atoms with Crippen molar-refractivity contribution in [3.8, 4) is 0 Å². The molecule has 1 amide bonds. The molecule has 2 unspecified atom stereocenters. The second-order valence-corrected chi connectivity index (χ2v) is 15.7. The molecule has 0 radical (unpaired) electrons. The van der Waals surface area contributed by atoms with Crippen LogP contribution in [0.3, 0.4) is 0 Å². The van der Waals surface area contributed by atoms with Gasteiger partial charge in [0.2, 0.25) is 0 Å². The number of fused-ring (bicyclic) bond motifs is 2. The maximum absolute atomic E-state index is 12.3. The highest BCUT2D eigenvalue weighted by Crippen LogP contribution is 2.40. The third kappa shape index (κ3) is 5.70. The van der Waals surface area contributed by atoms with Crippen LogP contribution in [0.2, 0.25) is 18.1 Å². The fraction of sp³-hybridized carbons (Fsp3) is 0.950. The molecule has 0 spiro atoms. The van der Waals surface area contributed by atoms with E-state index in [0.29, 0.717) is 5.92 Å². The highest BCUT2D eigenvalue weighted by atomic mass is 28.4. The number of rotatable bonds is 5. The molecule has 1 saturated carbocycles. The molecule has 1 aliphatic heterocycles. The van der Waals surface area contributed by atoms with Crippen molar-refractivity contribution in [2.75, 3.05) is 26.2 Å². The highest BCUT2D eigenvalue weighted by Gasteiger charge is 2.46. The smallest absolute Gasteiger partial charge is 0.408 e. The predicted octanol–water partition coefficient (Wildman–Crippen LogP) is 4.39. The van der Waals surface area contributed by atoms with Crippen molar-refractivity contribution in [1.29, 1.82) is 0 Å². The summed E-state index contributed by atoms with van der Waals surface area (Å²) >= 11 is 0. The fourth-order valence-electron chi connectivity index (χ4n) is 3.88. The minimum atomic E-state index is -1.70. The van der Waals surface area contributed by atoms with E-state index in [2.05, 4.69) is 44.1 Å². The molecule has 2 fully saturated rings. The summed E-state index contributed by atoms with van der Waals surface area (Å²) in [5.41, 5.74) is -0.577.